The minimum Gasteiger partial charge on any atom is -0.540 e. The normalized spacial score (nSPS) is 9.56. The quantitative estimate of drug-likeness (QED) is 0.442. The van der Waals surface area contributed by atoms with E-state index in [1.165, 1.54) is 12.2 Å². The molecular formula is C11H20NO3SWY-3. The monoisotopic (exact) mass is 519 g/mol. The number of carbonyl (C=O) groups excluding carboxylic acids is 1. The molecule has 0 amide bonds. The number of hydrogen-bond donors (Lipinski definition) is 1. The first-order valence-corrected chi connectivity index (χ1v) is 6.73. The molecule has 0 spiro atoms. The van der Waals surface area contributed by atoms with Crippen molar-refractivity contribution in [3.8, 4) is 0 Å². The first-order valence-electron chi connectivity index (χ1n) is 4.84. The molecule has 0 aromatic heterocycles. The summed E-state index contributed by atoms with van der Waals surface area (Å²) in [5, 5.41) is 0. The van der Waals surface area contributed by atoms with Gasteiger partial charge in [-0.3, -0.25) is 0 Å². The van der Waals surface area contributed by atoms with Crippen LogP contribution in [0.4, 0.5) is 0 Å². The Morgan fingerprint density at radius 3 is 1.67 bits per heavy atom. The average molecular weight is 519 g/mol. The van der Waals surface area contributed by atoms with E-state index in [0.717, 1.165) is 6.26 Å². The molecule has 0 rings (SSSR count). The van der Waals surface area contributed by atoms with Gasteiger partial charge in [0.15, 0.2) is 0 Å². The van der Waals surface area contributed by atoms with E-state index in [0.29, 0.717) is 6.42 Å². The molecule has 1 unspecified atom stereocenters. The molecule has 1 radical (unpaired) electrons. The van der Waals surface area contributed by atoms with E-state index >= 15 is 0 Å². The molecule has 1 atom stereocenters. The van der Waals surface area contributed by atoms with Crippen LogP contribution in [0.25, 0.3) is 0 Å². The zero-order valence-corrected chi connectivity index (χ0v) is 17.8. The molecule has 1 N–H and O–H groups in total. The van der Waals surface area contributed by atoms with E-state index in [-0.39, 0.29) is 53.8 Å². The van der Waals surface area contributed by atoms with E-state index in [9.17, 15) is 13.2 Å². The van der Waals surface area contributed by atoms with Crippen molar-refractivity contribution in [1.82, 2.24) is 4.72 Å². The van der Waals surface area contributed by atoms with Crippen LogP contribution in [0.2, 0.25) is 0 Å². The van der Waals surface area contributed by atoms with Gasteiger partial charge in [0.25, 0.3) is 0 Å². The van der Waals surface area contributed by atoms with Gasteiger partial charge in [-0.1, -0.05) is 33.2 Å². The zero-order chi connectivity index (χ0) is 13.6. The molecule has 4 nitrogen and oxygen atoms in total. The molecule has 0 aromatic rings. The summed E-state index contributed by atoms with van der Waals surface area (Å²) in [4.78, 5) is 9.96. The maximum absolute atomic E-state index is 10.5. The van der Waals surface area contributed by atoms with Crippen LogP contribution in [0.3, 0.4) is 0 Å². The fraction of sp³-hybridized carbons (Fsp3) is 0.545. The number of allylic oxidation sites excluding steroid dienone is 2. The first kappa shape index (κ1) is 31.3. The Hall–Kier alpha value is 0.852. The Kier molecular flexibility index (Phi) is 40.0. The summed E-state index contributed by atoms with van der Waals surface area (Å²) in [6.45, 7) is 15.1. The topological polar surface area (TPSA) is 63.2 Å². The molecule has 0 fully saturated rings. The standard InChI is InChI=1S/C5H10NO3S.C4H4.C2H6.W.Y/c1-3-5(4-7)6-10(2,8)9;1-3-4-2;1-2;;/h5-6H,3H2,1-2H3;1-4H;1-2H3;;/q-1;-2;;;. The molecule has 0 aromatic carbocycles. The van der Waals surface area contributed by atoms with Crippen molar-refractivity contribution in [2.75, 3.05) is 6.26 Å². The SMILES string of the molecule is CC.CCC([C-]=O)NS(C)(=O)=O.[CH-]=CC=[CH-].[W].[Y]. The van der Waals surface area contributed by atoms with Gasteiger partial charge < -0.3 is 30.1 Å². The van der Waals surface area contributed by atoms with Crippen molar-refractivity contribution in [3.63, 3.8) is 0 Å². The van der Waals surface area contributed by atoms with Crippen molar-refractivity contribution in [3.05, 3.63) is 25.3 Å². The third-order valence-corrected chi connectivity index (χ3v) is 1.73. The Labute approximate surface area is 151 Å². The molecule has 18 heavy (non-hydrogen) atoms. The predicted octanol–water partition coefficient (Wildman–Crippen LogP) is 1.41. The summed E-state index contributed by atoms with van der Waals surface area (Å²) in [6.07, 6.45) is 5.56. The predicted molar refractivity (Wildman–Crippen MR) is 66.8 cm³/mol. The minimum atomic E-state index is -3.26. The maximum atomic E-state index is 10.5. The molecule has 0 heterocycles. The molecule has 0 aliphatic rings. The Bertz CT molecular complexity index is 276. The van der Waals surface area contributed by atoms with Gasteiger partial charge in [-0.2, -0.15) is 0 Å². The van der Waals surface area contributed by atoms with Crippen LogP contribution in [0, 0.1) is 13.2 Å². The van der Waals surface area contributed by atoms with E-state index in [4.69, 9.17) is 13.2 Å². The van der Waals surface area contributed by atoms with Crippen LogP contribution >= 0.6 is 0 Å². The summed E-state index contributed by atoms with van der Waals surface area (Å²) in [7, 11) is -3.26. The molecule has 0 aliphatic heterocycles. The van der Waals surface area contributed by atoms with Gasteiger partial charge in [0.2, 0.25) is 10.0 Å². The third-order valence-electron chi connectivity index (χ3n) is 1.02. The van der Waals surface area contributed by atoms with Crippen LogP contribution < -0.4 is 4.72 Å². The summed E-state index contributed by atoms with van der Waals surface area (Å²) in [5.74, 6) is 0. The molecular weight excluding hydrogens is 499 g/mol. The molecule has 0 aliphatic carbocycles. The second-order valence-corrected chi connectivity index (χ2v) is 4.13. The maximum Gasteiger partial charge on any atom is 0.206 e. The van der Waals surface area contributed by atoms with E-state index in [1.807, 2.05) is 13.8 Å². The summed E-state index contributed by atoms with van der Waals surface area (Å²) in [5.41, 5.74) is 0. The fourth-order valence-electron chi connectivity index (χ4n) is 0.449. The van der Waals surface area contributed by atoms with Crippen LogP contribution in [-0.4, -0.2) is 27.0 Å². The second kappa shape index (κ2) is 23.0. The van der Waals surface area contributed by atoms with E-state index in [1.54, 1.807) is 13.2 Å². The van der Waals surface area contributed by atoms with Gasteiger partial charge in [-0.25, -0.2) is 19.4 Å². The average Bonchev–Trinajstić information content (AvgIpc) is 2.27. The van der Waals surface area contributed by atoms with Gasteiger partial charge in [-0.15, -0.1) is 0 Å². The van der Waals surface area contributed by atoms with Gasteiger partial charge in [0.1, 0.15) is 0 Å². The molecule has 0 bridgehead atoms. The van der Waals surface area contributed by atoms with Crippen molar-refractivity contribution >= 4 is 16.3 Å². The molecule has 0 saturated heterocycles. The summed E-state index contributed by atoms with van der Waals surface area (Å²) in [6, 6.07) is -0.699. The zero-order valence-electron chi connectivity index (χ0n) is 11.2. The number of nitrogens with one attached hydrogen (secondary N) is 1. The first-order chi connectivity index (χ1) is 7.41. The van der Waals surface area contributed by atoms with Crippen LogP contribution in [0.5, 0.6) is 0 Å². The van der Waals surface area contributed by atoms with E-state index in [2.05, 4.69) is 4.72 Å². The van der Waals surface area contributed by atoms with Crippen molar-refractivity contribution in [2.24, 2.45) is 0 Å². The Morgan fingerprint density at radius 1 is 1.28 bits per heavy atom. The Balaban J connectivity index is -0.0000000607. The van der Waals surface area contributed by atoms with Crippen LogP contribution in [-0.2, 0) is 68.6 Å². The molecule has 105 valence electrons. The van der Waals surface area contributed by atoms with Gasteiger partial charge in [0, 0.05) is 53.8 Å². The van der Waals surface area contributed by atoms with Crippen LogP contribution in [0.15, 0.2) is 12.2 Å². The fourth-order valence-corrected chi connectivity index (χ4v) is 1.18. The van der Waals surface area contributed by atoms with Crippen LogP contribution in [0.1, 0.15) is 27.2 Å². The van der Waals surface area contributed by atoms with Crippen molar-refractivity contribution in [2.45, 2.75) is 33.2 Å². The van der Waals surface area contributed by atoms with Gasteiger partial charge in [-0.05, 0) is 0 Å². The second-order valence-electron chi connectivity index (χ2n) is 2.35. The number of hydrogen-bond acceptors (Lipinski definition) is 3. The molecule has 0 saturated carbocycles. The minimum absolute atomic E-state index is 0. The van der Waals surface area contributed by atoms with Crippen molar-refractivity contribution < 1.29 is 67.0 Å². The van der Waals surface area contributed by atoms with Gasteiger partial charge >= 0.3 is 0 Å². The molecule has 7 heteroatoms. The number of rotatable bonds is 5. The van der Waals surface area contributed by atoms with Crippen molar-refractivity contribution in [1.29, 1.82) is 0 Å². The van der Waals surface area contributed by atoms with Gasteiger partial charge in [0.05, 0.1) is 6.26 Å². The number of sulfonamides is 1. The smallest absolute Gasteiger partial charge is 0.206 e. The largest absolute Gasteiger partial charge is 0.540 e. The Morgan fingerprint density at radius 2 is 1.61 bits per heavy atom. The van der Waals surface area contributed by atoms with E-state index < -0.39 is 16.1 Å². The summed E-state index contributed by atoms with van der Waals surface area (Å²) < 4.78 is 23.0. The third kappa shape index (κ3) is 36.0. The summed E-state index contributed by atoms with van der Waals surface area (Å²) >= 11 is 0.